The van der Waals surface area contributed by atoms with Crippen LogP contribution < -0.4 is 0 Å². The number of rotatable bonds is 3. The van der Waals surface area contributed by atoms with E-state index in [2.05, 4.69) is 28.9 Å². The molecule has 1 aliphatic carbocycles. The molecule has 0 spiro atoms. The van der Waals surface area contributed by atoms with Gasteiger partial charge in [0, 0.05) is 5.39 Å². The minimum atomic E-state index is 0.252. The lowest BCUT2D eigenvalue weighted by atomic mass is 9.81. The maximum Gasteiger partial charge on any atom is 0.0998 e. The van der Waals surface area contributed by atoms with Gasteiger partial charge in [0.1, 0.15) is 0 Å². The molecule has 100 valence electrons. The summed E-state index contributed by atoms with van der Waals surface area (Å²) in [6, 6.07) is 8.44. The van der Waals surface area contributed by atoms with Crippen LogP contribution in [0.3, 0.4) is 0 Å². The highest BCUT2D eigenvalue weighted by molar-refractivity contribution is 5.81. The van der Waals surface area contributed by atoms with E-state index in [1.54, 1.807) is 0 Å². The lowest BCUT2D eigenvalue weighted by Gasteiger charge is -2.29. The molecule has 0 radical (unpaired) electrons. The molecule has 0 N–H and O–H groups in total. The van der Waals surface area contributed by atoms with Crippen LogP contribution in [0.2, 0.25) is 0 Å². The van der Waals surface area contributed by atoms with Crippen molar-refractivity contribution in [3.63, 3.8) is 0 Å². The molecule has 0 bridgehead atoms. The smallest absolute Gasteiger partial charge is 0.0998 e. The number of hydrogen-bond donors (Lipinski definition) is 0. The second kappa shape index (κ2) is 4.64. The summed E-state index contributed by atoms with van der Waals surface area (Å²) >= 11 is 0. The number of ether oxygens (including phenoxy) is 1. The van der Waals surface area contributed by atoms with Crippen LogP contribution in [0.15, 0.2) is 24.3 Å². The molecule has 3 heteroatoms. The normalized spacial score (nSPS) is 23.3. The molecule has 2 aliphatic rings. The summed E-state index contributed by atoms with van der Waals surface area (Å²) in [5, 5.41) is 5.98. The van der Waals surface area contributed by atoms with Gasteiger partial charge >= 0.3 is 0 Å². The van der Waals surface area contributed by atoms with Crippen molar-refractivity contribution < 1.29 is 4.74 Å². The Hall–Kier alpha value is -1.35. The molecule has 0 saturated heterocycles. The molecule has 2 aromatic rings. The Labute approximate surface area is 113 Å². The first-order valence-electron chi connectivity index (χ1n) is 7.49. The van der Waals surface area contributed by atoms with E-state index in [0.29, 0.717) is 0 Å². The van der Waals surface area contributed by atoms with E-state index >= 15 is 0 Å². The van der Waals surface area contributed by atoms with E-state index < -0.39 is 0 Å². The zero-order valence-electron chi connectivity index (χ0n) is 11.2. The molecule has 2 heterocycles. The van der Waals surface area contributed by atoms with Crippen LogP contribution in [0, 0.1) is 5.92 Å². The first-order chi connectivity index (χ1) is 9.42. The first-order valence-corrected chi connectivity index (χ1v) is 7.49. The Morgan fingerprint density at radius 1 is 1.21 bits per heavy atom. The molecule has 3 nitrogen and oxygen atoms in total. The van der Waals surface area contributed by atoms with Crippen LogP contribution in [-0.4, -0.2) is 16.4 Å². The maximum absolute atomic E-state index is 6.03. The standard InChI is InChI=1S/C16H20N2O/c1-2-7-14-13(6-1)16-15(9-8-12-4-3-5-12)19-11-10-18(16)17-14/h1-2,6-7,12,15H,3-5,8-11H2. The minimum Gasteiger partial charge on any atom is -0.370 e. The summed E-state index contributed by atoms with van der Waals surface area (Å²) in [5.41, 5.74) is 2.41. The summed E-state index contributed by atoms with van der Waals surface area (Å²) in [6.07, 6.45) is 6.99. The van der Waals surface area contributed by atoms with Crippen LogP contribution in [-0.2, 0) is 11.3 Å². The highest BCUT2D eigenvalue weighted by atomic mass is 16.5. The quantitative estimate of drug-likeness (QED) is 0.837. The Kier molecular flexibility index (Phi) is 2.80. The van der Waals surface area contributed by atoms with Gasteiger partial charge in [-0.1, -0.05) is 37.5 Å². The molecular weight excluding hydrogens is 236 g/mol. The van der Waals surface area contributed by atoms with Gasteiger partial charge in [0.25, 0.3) is 0 Å². The molecule has 19 heavy (non-hydrogen) atoms. The van der Waals surface area contributed by atoms with E-state index in [0.717, 1.165) is 31.0 Å². The molecule has 1 fully saturated rings. The lowest BCUT2D eigenvalue weighted by molar-refractivity contribution is 0.00678. The topological polar surface area (TPSA) is 27.1 Å². The van der Waals surface area contributed by atoms with Crippen molar-refractivity contribution >= 4 is 10.9 Å². The van der Waals surface area contributed by atoms with Gasteiger partial charge in [0.2, 0.25) is 0 Å². The van der Waals surface area contributed by atoms with E-state index in [4.69, 9.17) is 9.84 Å². The second-order valence-electron chi connectivity index (χ2n) is 5.86. The Morgan fingerprint density at radius 3 is 2.95 bits per heavy atom. The molecule has 1 saturated carbocycles. The van der Waals surface area contributed by atoms with Crippen LogP contribution in [0.1, 0.15) is 43.9 Å². The van der Waals surface area contributed by atoms with Gasteiger partial charge in [-0.05, 0) is 24.8 Å². The average molecular weight is 256 g/mol. The predicted octanol–water partition coefficient (Wildman–Crippen LogP) is 3.69. The van der Waals surface area contributed by atoms with Crippen LogP contribution in [0.25, 0.3) is 10.9 Å². The van der Waals surface area contributed by atoms with Gasteiger partial charge < -0.3 is 4.74 Å². The summed E-state index contributed by atoms with van der Waals surface area (Å²) in [6.45, 7) is 1.69. The SMILES string of the molecule is c1ccc2c3n(nc2c1)CCOC3CCC1CCC1. The summed E-state index contributed by atoms with van der Waals surface area (Å²) in [4.78, 5) is 0. The van der Waals surface area contributed by atoms with E-state index in [-0.39, 0.29) is 6.10 Å². The van der Waals surface area contributed by atoms with E-state index in [1.165, 1.54) is 36.8 Å². The zero-order chi connectivity index (χ0) is 12.7. The molecular formula is C16H20N2O. The molecule has 1 aliphatic heterocycles. The van der Waals surface area contributed by atoms with Crippen molar-refractivity contribution in [1.82, 2.24) is 9.78 Å². The van der Waals surface area contributed by atoms with E-state index in [1.807, 2.05) is 0 Å². The highest BCUT2D eigenvalue weighted by Crippen LogP contribution is 2.37. The number of benzene rings is 1. The maximum atomic E-state index is 6.03. The fraction of sp³-hybridized carbons (Fsp3) is 0.562. The van der Waals surface area contributed by atoms with Crippen LogP contribution >= 0.6 is 0 Å². The number of fused-ring (bicyclic) bond motifs is 3. The monoisotopic (exact) mass is 256 g/mol. The largest absolute Gasteiger partial charge is 0.370 e. The average Bonchev–Trinajstić information content (AvgIpc) is 2.76. The molecule has 4 rings (SSSR count). The van der Waals surface area contributed by atoms with Crippen molar-refractivity contribution in [3.8, 4) is 0 Å². The Balaban J connectivity index is 1.64. The zero-order valence-corrected chi connectivity index (χ0v) is 11.2. The van der Waals surface area contributed by atoms with Gasteiger partial charge in [0.15, 0.2) is 0 Å². The number of aromatic nitrogens is 2. The molecule has 1 atom stereocenters. The molecule has 0 amide bonds. The van der Waals surface area contributed by atoms with E-state index in [9.17, 15) is 0 Å². The van der Waals surface area contributed by atoms with Gasteiger partial charge in [-0.2, -0.15) is 5.10 Å². The van der Waals surface area contributed by atoms with Gasteiger partial charge in [-0.3, -0.25) is 4.68 Å². The van der Waals surface area contributed by atoms with Crippen LogP contribution in [0.5, 0.6) is 0 Å². The third kappa shape index (κ3) is 1.96. The minimum absolute atomic E-state index is 0.252. The Morgan fingerprint density at radius 2 is 2.11 bits per heavy atom. The molecule has 1 aromatic carbocycles. The number of nitrogens with zero attached hydrogens (tertiary/aromatic N) is 2. The summed E-state index contributed by atoms with van der Waals surface area (Å²) < 4.78 is 8.20. The number of hydrogen-bond acceptors (Lipinski definition) is 2. The van der Waals surface area contributed by atoms with Crippen molar-refractivity contribution in [3.05, 3.63) is 30.0 Å². The van der Waals surface area contributed by atoms with Gasteiger partial charge in [-0.15, -0.1) is 0 Å². The Bertz CT molecular complexity index is 585. The highest BCUT2D eigenvalue weighted by Gasteiger charge is 2.27. The molecule has 1 unspecified atom stereocenters. The van der Waals surface area contributed by atoms with Crippen molar-refractivity contribution in [2.24, 2.45) is 5.92 Å². The van der Waals surface area contributed by atoms with Gasteiger partial charge in [-0.25, -0.2) is 0 Å². The van der Waals surface area contributed by atoms with Crippen LogP contribution in [0.4, 0.5) is 0 Å². The summed E-state index contributed by atoms with van der Waals surface area (Å²) in [7, 11) is 0. The predicted molar refractivity (Wildman–Crippen MR) is 75.0 cm³/mol. The fourth-order valence-corrected chi connectivity index (χ4v) is 3.36. The molecule has 1 aromatic heterocycles. The van der Waals surface area contributed by atoms with Gasteiger partial charge in [0.05, 0.1) is 30.5 Å². The van der Waals surface area contributed by atoms with Crippen molar-refractivity contribution in [1.29, 1.82) is 0 Å². The third-order valence-corrected chi connectivity index (χ3v) is 4.68. The van der Waals surface area contributed by atoms with Crippen molar-refractivity contribution in [2.45, 2.75) is 44.8 Å². The summed E-state index contributed by atoms with van der Waals surface area (Å²) in [5.74, 6) is 0.952. The fourth-order valence-electron chi connectivity index (χ4n) is 3.36. The lowest BCUT2D eigenvalue weighted by Crippen LogP contribution is -2.23. The van der Waals surface area contributed by atoms with Crippen molar-refractivity contribution in [2.75, 3.05) is 6.61 Å². The third-order valence-electron chi connectivity index (χ3n) is 4.68. The second-order valence-corrected chi connectivity index (χ2v) is 5.86. The first kappa shape index (κ1) is 11.5.